The minimum Gasteiger partial charge on any atom is -0.345 e. The number of carbonyl (C=O) groups is 1. The lowest BCUT2D eigenvalue weighted by Crippen LogP contribution is -2.40. The van der Waals surface area contributed by atoms with Gasteiger partial charge in [-0.05, 0) is 35.7 Å². The third-order valence-corrected chi connectivity index (χ3v) is 3.49. The molecule has 1 rings (SSSR count). The average molecular weight is 331 g/mol. The van der Waals surface area contributed by atoms with Crippen LogP contribution < -0.4 is 5.73 Å². The Morgan fingerprint density at radius 2 is 2.11 bits per heavy atom. The third kappa shape index (κ3) is 4.91. The van der Waals surface area contributed by atoms with Crippen LogP contribution in [-0.2, 0) is 11.2 Å². The van der Waals surface area contributed by atoms with Gasteiger partial charge in [0.05, 0.1) is 6.42 Å². The van der Waals surface area contributed by atoms with E-state index in [-0.39, 0.29) is 23.6 Å². The van der Waals surface area contributed by atoms with Crippen molar-refractivity contribution in [3.05, 3.63) is 34.1 Å². The van der Waals surface area contributed by atoms with E-state index in [0.717, 1.165) is 4.47 Å². The Hall–Kier alpha value is -0.940. The van der Waals surface area contributed by atoms with Crippen LogP contribution in [0.15, 0.2) is 22.7 Å². The van der Waals surface area contributed by atoms with Crippen molar-refractivity contribution in [2.75, 3.05) is 20.1 Å². The fourth-order valence-corrected chi connectivity index (χ4v) is 2.18. The van der Waals surface area contributed by atoms with Crippen LogP contribution in [0, 0.1) is 11.2 Å². The molecule has 0 aliphatic carbocycles. The van der Waals surface area contributed by atoms with Gasteiger partial charge in [0.15, 0.2) is 0 Å². The van der Waals surface area contributed by atoms with Crippen molar-refractivity contribution in [2.45, 2.75) is 20.3 Å². The monoisotopic (exact) mass is 330 g/mol. The predicted octanol–water partition coefficient (Wildman–Crippen LogP) is 2.57. The lowest BCUT2D eigenvalue weighted by Gasteiger charge is -2.29. The largest absolute Gasteiger partial charge is 0.345 e. The van der Waals surface area contributed by atoms with Crippen molar-refractivity contribution in [2.24, 2.45) is 11.1 Å². The Kier molecular flexibility index (Phi) is 5.50. The van der Waals surface area contributed by atoms with Crippen molar-refractivity contribution in [3.8, 4) is 0 Å². The first-order chi connectivity index (χ1) is 8.75. The zero-order chi connectivity index (χ0) is 14.6. The summed E-state index contributed by atoms with van der Waals surface area (Å²) in [6.07, 6.45) is 0.0580. The lowest BCUT2D eigenvalue weighted by molar-refractivity contribution is -0.130. The summed E-state index contributed by atoms with van der Waals surface area (Å²) < 4.78 is 14.4. The van der Waals surface area contributed by atoms with Crippen LogP contribution in [-0.4, -0.2) is 30.9 Å². The molecule has 106 valence electrons. The molecule has 2 N–H and O–H groups in total. The topological polar surface area (TPSA) is 46.3 Å². The highest BCUT2D eigenvalue weighted by Crippen LogP contribution is 2.18. The van der Waals surface area contributed by atoms with E-state index in [1.807, 2.05) is 13.8 Å². The molecular weight excluding hydrogens is 311 g/mol. The molecule has 0 aliphatic heterocycles. The van der Waals surface area contributed by atoms with Gasteiger partial charge in [0.2, 0.25) is 5.91 Å². The van der Waals surface area contributed by atoms with Crippen molar-refractivity contribution < 1.29 is 9.18 Å². The van der Waals surface area contributed by atoms with E-state index in [4.69, 9.17) is 5.73 Å². The van der Waals surface area contributed by atoms with Crippen molar-refractivity contribution in [3.63, 3.8) is 0 Å². The van der Waals surface area contributed by atoms with Crippen molar-refractivity contribution >= 4 is 21.8 Å². The van der Waals surface area contributed by atoms with Crippen LogP contribution in [0.5, 0.6) is 0 Å². The number of amides is 1. The summed E-state index contributed by atoms with van der Waals surface area (Å²) in [4.78, 5) is 13.7. The molecule has 0 bridgehead atoms. The number of hydrogen-bond acceptors (Lipinski definition) is 2. The number of hydrogen-bond donors (Lipinski definition) is 1. The van der Waals surface area contributed by atoms with Gasteiger partial charge in [-0.15, -0.1) is 0 Å². The molecule has 3 nitrogen and oxygen atoms in total. The van der Waals surface area contributed by atoms with Crippen LogP contribution >= 0.6 is 15.9 Å². The first-order valence-electron chi connectivity index (χ1n) is 6.13. The molecule has 0 unspecified atom stereocenters. The second kappa shape index (κ2) is 6.48. The zero-order valence-corrected chi connectivity index (χ0v) is 13.1. The van der Waals surface area contributed by atoms with Crippen molar-refractivity contribution in [1.82, 2.24) is 4.90 Å². The molecule has 0 heterocycles. The minimum atomic E-state index is -0.358. The minimum absolute atomic E-state index is 0.0580. The molecule has 0 aliphatic rings. The Bertz CT molecular complexity index is 463. The first kappa shape index (κ1) is 16.1. The number of rotatable bonds is 5. The second-order valence-electron chi connectivity index (χ2n) is 5.53. The number of nitrogens with zero attached hydrogens (tertiary/aromatic N) is 1. The first-order valence-corrected chi connectivity index (χ1v) is 6.92. The summed E-state index contributed by atoms with van der Waals surface area (Å²) in [5.74, 6) is -0.471. The van der Waals surface area contributed by atoms with Gasteiger partial charge in [0, 0.05) is 18.1 Å². The number of nitrogens with two attached hydrogens (primary N) is 1. The predicted molar refractivity (Wildman–Crippen MR) is 78.3 cm³/mol. The van der Waals surface area contributed by atoms with Gasteiger partial charge in [-0.3, -0.25) is 4.79 Å². The molecule has 0 aromatic heterocycles. The molecule has 5 heteroatoms. The van der Waals surface area contributed by atoms with E-state index in [2.05, 4.69) is 15.9 Å². The highest BCUT2D eigenvalue weighted by molar-refractivity contribution is 9.10. The molecule has 1 aromatic rings. The summed E-state index contributed by atoms with van der Waals surface area (Å²) >= 11 is 3.28. The second-order valence-corrected chi connectivity index (χ2v) is 6.45. The molecule has 1 amide bonds. The molecule has 0 saturated carbocycles. The number of halogens is 2. The van der Waals surface area contributed by atoms with Crippen LogP contribution in [0.25, 0.3) is 0 Å². The molecule has 0 saturated heterocycles. The van der Waals surface area contributed by atoms with Gasteiger partial charge in [-0.25, -0.2) is 4.39 Å². The lowest BCUT2D eigenvalue weighted by atomic mass is 9.93. The SMILES string of the molecule is CN(CC(C)(C)CN)C(=O)Cc1cc(Br)ccc1F. The van der Waals surface area contributed by atoms with Gasteiger partial charge >= 0.3 is 0 Å². The standard InChI is InChI=1S/C14H20BrFN2O/c1-14(2,8-17)9-18(3)13(19)7-10-6-11(15)4-5-12(10)16/h4-6H,7-9,17H2,1-3H3. The van der Waals surface area contributed by atoms with Crippen LogP contribution in [0.3, 0.4) is 0 Å². The van der Waals surface area contributed by atoms with E-state index < -0.39 is 0 Å². The third-order valence-electron chi connectivity index (χ3n) is 2.99. The number of carbonyl (C=O) groups excluding carboxylic acids is 1. The Labute approximate surface area is 122 Å². The van der Waals surface area contributed by atoms with Gasteiger partial charge in [0.25, 0.3) is 0 Å². The Balaban J connectivity index is 2.71. The molecule has 0 fully saturated rings. The van der Waals surface area contributed by atoms with Crippen LogP contribution in [0.1, 0.15) is 19.4 Å². The van der Waals surface area contributed by atoms with E-state index in [9.17, 15) is 9.18 Å². The maximum atomic E-state index is 13.6. The maximum Gasteiger partial charge on any atom is 0.226 e. The van der Waals surface area contributed by atoms with Gasteiger partial charge in [-0.1, -0.05) is 29.8 Å². The van der Waals surface area contributed by atoms with Gasteiger partial charge in [-0.2, -0.15) is 0 Å². The molecule has 0 radical (unpaired) electrons. The average Bonchev–Trinajstić information content (AvgIpc) is 2.33. The Morgan fingerprint density at radius 1 is 1.47 bits per heavy atom. The van der Waals surface area contributed by atoms with E-state index in [1.165, 1.54) is 6.07 Å². The summed E-state index contributed by atoms with van der Waals surface area (Å²) in [5, 5.41) is 0. The summed E-state index contributed by atoms with van der Waals surface area (Å²) in [6, 6.07) is 4.61. The highest BCUT2D eigenvalue weighted by Gasteiger charge is 2.21. The fourth-order valence-electron chi connectivity index (χ4n) is 1.77. The highest BCUT2D eigenvalue weighted by atomic mass is 79.9. The molecule has 0 spiro atoms. The van der Waals surface area contributed by atoms with Crippen molar-refractivity contribution in [1.29, 1.82) is 0 Å². The van der Waals surface area contributed by atoms with Gasteiger partial charge < -0.3 is 10.6 Å². The van der Waals surface area contributed by atoms with Crippen LogP contribution in [0.2, 0.25) is 0 Å². The molecule has 19 heavy (non-hydrogen) atoms. The zero-order valence-electron chi connectivity index (χ0n) is 11.5. The summed E-state index contributed by atoms with van der Waals surface area (Å²) in [5.41, 5.74) is 5.91. The number of likely N-dealkylation sites (N-methyl/N-ethyl adjacent to an activating group) is 1. The van der Waals surface area contributed by atoms with E-state index in [1.54, 1.807) is 24.1 Å². The quantitative estimate of drug-likeness (QED) is 0.901. The van der Waals surface area contributed by atoms with Gasteiger partial charge in [0.1, 0.15) is 5.82 Å². The normalized spacial score (nSPS) is 11.5. The number of benzene rings is 1. The van der Waals surface area contributed by atoms with Crippen LogP contribution in [0.4, 0.5) is 4.39 Å². The Morgan fingerprint density at radius 3 is 2.68 bits per heavy atom. The summed E-state index contributed by atoms with van der Waals surface area (Å²) in [6.45, 7) is 5.04. The molecular formula is C14H20BrFN2O. The van der Waals surface area contributed by atoms with E-state index in [0.29, 0.717) is 18.7 Å². The van der Waals surface area contributed by atoms with E-state index >= 15 is 0 Å². The fraction of sp³-hybridized carbons (Fsp3) is 0.500. The summed E-state index contributed by atoms with van der Waals surface area (Å²) in [7, 11) is 1.72. The smallest absolute Gasteiger partial charge is 0.226 e. The molecule has 1 aromatic carbocycles. The maximum absolute atomic E-state index is 13.6. The molecule has 0 atom stereocenters.